The molecule has 4 aromatic carbocycles. The Labute approximate surface area is 260 Å². The van der Waals surface area contributed by atoms with Crippen LogP contribution in [0.2, 0.25) is 0 Å². The van der Waals surface area contributed by atoms with E-state index in [0.29, 0.717) is 26.1 Å². The monoisotopic (exact) mass is 585 g/mol. The molecule has 44 heavy (non-hydrogen) atoms. The second-order valence-electron chi connectivity index (χ2n) is 11.3. The minimum absolute atomic E-state index is 0.300. The Morgan fingerprint density at radius 3 is 1.66 bits per heavy atom. The largest absolute Gasteiger partial charge is 0.463 e. The zero-order valence-electron chi connectivity index (χ0n) is 25.6. The van der Waals surface area contributed by atoms with Gasteiger partial charge in [-0.25, -0.2) is 9.59 Å². The molecule has 0 aromatic heterocycles. The Morgan fingerprint density at radius 2 is 1.14 bits per heavy atom. The summed E-state index contributed by atoms with van der Waals surface area (Å²) in [4.78, 5) is 25.9. The molecule has 0 amide bonds. The van der Waals surface area contributed by atoms with Gasteiger partial charge in [0.15, 0.2) is 0 Å². The first-order chi connectivity index (χ1) is 21.4. The van der Waals surface area contributed by atoms with Crippen LogP contribution in [0.5, 0.6) is 0 Å². The van der Waals surface area contributed by atoms with Gasteiger partial charge in [0.1, 0.15) is 0 Å². The summed E-state index contributed by atoms with van der Waals surface area (Å²) in [6.07, 6.45) is 5.25. The van der Waals surface area contributed by atoms with Crippen molar-refractivity contribution in [2.75, 3.05) is 18.1 Å². The lowest BCUT2D eigenvalue weighted by molar-refractivity contribution is -0.138. The maximum atomic E-state index is 11.8. The third-order valence-electron chi connectivity index (χ3n) is 8.41. The van der Waals surface area contributed by atoms with Crippen LogP contribution in [0.25, 0.3) is 11.1 Å². The van der Waals surface area contributed by atoms with Gasteiger partial charge in [0.05, 0.1) is 13.2 Å². The molecule has 0 aliphatic heterocycles. The topological polar surface area (TPSA) is 55.8 Å². The van der Waals surface area contributed by atoms with Crippen LogP contribution in [0.1, 0.15) is 47.9 Å². The minimum atomic E-state index is -0.420. The Hall–Kier alpha value is -4.90. The summed E-state index contributed by atoms with van der Waals surface area (Å²) in [6, 6.07) is 32.5. The summed E-state index contributed by atoms with van der Waals surface area (Å²) in [7, 11) is 0. The predicted molar refractivity (Wildman–Crippen MR) is 178 cm³/mol. The smallest absolute Gasteiger partial charge is 0.330 e. The first kappa shape index (κ1) is 30.6. The van der Waals surface area contributed by atoms with E-state index in [1.54, 1.807) is 0 Å². The lowest BCUT2D eigenvalue weighted by atomic mass is 9.71. The van der Waals surface area contributed by atoms with Crippen molar-refractivity contribution in [3.8, 4) is 11.1 Å². The number of anilines is 3. The van der Waals surface area contributed by atoms with Gasteiger partial charge in [-0.3, -0.25) is 0 Å². The molecule has 0 saturated heterocycles. The second kappa shape index (κ2) is 13.6. The third kappa shape index (κ3) is 6.37. The van der Waals surface area contributed by atoms with Gasteiger partial charge in [-0.1, -0.05) is 78.9 Å². The number of benzene rings is 4. The number of carbonyl (C=O) groups excluding carboxylic acids is 2. The number of hydrogen-bond acceptors (Lipinski definition) is 5. The Bertz CT molecular complexity index is 1580. The first-order valence-corrected chi connectivity index (χ1v) is 15.1. The molecule has 4 aromatic rings. The first-order valence-electron chi connectivity index (χ1n) is 15.1. The van der Waals surface area contributed by atoms with Gasteiger partial charge < -0.3 is 14.4 Å². The number of ether oxygens (including phenoxy) is 2. The second-order valence-corrected chi connectivity index (χ2v) is 11.3. The van der Waals surface area contributed by atoms with Crippen molar-refractivity contribution in [3.05, 3.63) is 139 Å². The van der Waals surface area contributed by atoms with E-state index in [4.69, 9.17) is 9.47 Å². The van der Waals surface area contributed by atoms with Gasteiger partial charge in [-0.05, 0) is 98.2 Å². The van der Waals surface area contributed by atoms with Crippen LogP contribution in [0, 0.1) is 13.8 Å². The van der Waals surface area contributed by atoms with Crippen LogP contribution in [-0.2, 0) is 24.5 Å². The van der Waals surface area contributed by atoms with E-state index in [1.807, 2.05) is 0 Å². The van der Waals surface area contributed by atoms with Gasteiger partial charge in [0.2, 0.25) is 0 Å². The van der Waals surface area contributed by atoms with Crippen molar-refractivity contribution >= 4 is 29.0 Å². The Morgan fingerprint density at radius 1 is 0.659 bits per heavy atom. The van der Waals surface area contributed by atoms with E-state index in [-0.39, 0.29) is 5.41 Å². The van der Waals surface area contributed by atoms with Crippen LogP contribution in [-0.4, -0.2) is 25.2 Å². The number of fused-ring (bicyclic) bond motifs is 3. The molecule has 5 heteroatoms. The molecule has 0 bridgehead atoms. The molecule has 0 N–H and O–H groups in total. The molecule has 0 radical (unpaired) electrons. The average molecular weight is 586 g/mol. The molecular formula is C39H39NO4. The average Bonchev–Trinajstić information content (AvgIpc) is 3.32. The Kier molecular flexibility index (Phi) is 9.44. The standard InChI is InChI=1S/C39H39NO4/c1-5-37(41)43-25-9-23-39(24-10-26-44-38(42)6-2)35-12-8-7-11-33(35)34-22-21-32(27-36(34)39)40(30-17-13-28(3)14-18-30)31-19-15-29(4)16-20-31/h5-8,11-22,27H,1-2,9-10,23-26H2,3-4H3. The van der Waals surface area contributed by atoms with Crippen molar-refractivity contribution in [2.45, 2.75) is 44.9 Å². The fourth-order valence-electron chi connectivity index (χ4n) is 6.29. The van der Waals surface area contributed by atoms with Crippen LogP contribution in [0.15, 0.2) is 116 Å². The maximum Gasteiger partial charge on any atom is 0.330 e. The zero-order valence-corrected chi connectivity index (χ0v) is 25.6. The highest BCUT2D eigenvalue weighted by molar-refractivity contribution is 5.86. The molecule has 224 valence electrons. The number of aryl methyl sites for hydroxylation is 2. The normalized spacial score (nSPS) is 12.5. The summed E-state index contributed by atoms with van der Waals surface area (Å²) >= 11 is 0. The van der Waals surface area contributed by atoms with E-state index in [1.165, 1.54) is 45.5 Å². The van der Waals surface area contributed by atoms with Crippen LogP contribution in [0.4, 0.5) is 17.1 Å². The van der Waals surface area contributed by atoms with Gasteiger partial charge in [-0.15, -0.1) is 0 Å². The molecule has 0 atom stereocenters. The van der Waals surface area contributed by atoms with Crippen molar-refractivity contribution in [2.24, 2.45) is 0 Å². The van der Waals surface area contributed by atoms with Gasteiger partial charge in [0.25, 0.3) is 0 Å². The molecule has 0 fully saturated rings. The van der Waals surface area contributed by atoms with E-state index in [9.17, 15) is 9.59 Å². The summed E-state index contributed by atoms with van der Waals surface area (Å²) in [6.45, 7) is 11.8. The van der Waals surface area contributed by atoms with Crippen molar-refractivity contribution in [1.82, 2.24) is 0 Å². The molecule has 0 heterocycles. The third-order valence-corrected chi connectivity index (χ3v) is 8.41. The quantitative estimate of drug-likeness (QED) is 0.0890. The summed E-state index contributed by atoms with van der Waals surface area (Å²) in [5.41, 5.74) is 10.1. The van der Waals surface area contributed by atoms with Crippen LogP contribution < -0.4 is 4.90 Å². The number of nitrogens with zero attached hydrogens (tertiary/aromatic N) is 1. The van der Waals surface area contributed by atoms with Crippen molar-refractivity contribution in [3.63, 3.8) is 0 Å². The Balaban J connectivity index is 1.61. The van der Waals surface area contributed by atoms with Crippen molar-refractivity contribution < 1.29 is 19.1 Å². The van der Waals surface area contributed by atoms with E-state index in [0.717, 1.165) is 29.9 Å². The summed E-state index contributed by atoms with van der Waals surface area (Å²) in [5.74, 6) is -0.839. The maximum absolute atomic E-state index is 11.8. The van der Waals surface area contributed by atoms with Crippen LogP contribution >= 0.6 is 0 Å². The van der Waals surface area contributed by atoms with Crippen molar-refractivity contribution in [1.29, 1.82) is 0 Å². The molecule has 1 aliphatic carbocycles. The van der Waals surface area contributed by atoms with E-state index in [2.05, 4.69) is 123 Å². The molecule has 5 rings (SSSR count). The highest BCUT2D eigenvalue weighted by atomic mass is 16.5. The number of rotatable bonds is 13. The summed E-state index contributed by atoms with van der Waals surface area (Å²) < 4.78 is 10.8. The minimum Gasteiger partial charge on any atom is -0.463 e. The van der Waals surface area contributed by atoms with E-state index >= 15 is 0 Å². The lowest BCUT2D eigenvalue weighted by Gasteiger charge is -2.34. The fourth-order valence-corrected chi connectivity index (χ4v) is 6.29. The van der Waals surface area contributed by atoms with Gasteiger partial charge in [0, 0.05) is 34.6 Å². The number of esters is 2. The van der Waals surface area contributed by atoms with Gasteiger partial charge in [-0.2, -0.15) is 0 Å². The van der Waals surface area contributed by atoms with Crippen LogP contribution in [0.3, 0.4) is 0 Å². The fraction of sp³-hybridized carbons (Fsp3) is 0.231. The molecule has 1 aliphatic rings. The summed E-state index contributed by atoms with van der Waals surface area (Å²) in [5, 5.41) is 0. The molecule has 0 spiro atoms. The molecule has 0 unspecified atom stereocenters. The molecule has 0 saturated carbocycles. The van der Waals surface area contributed by atoms with Gasteiger partial charge >= 0.3 is 11.9 Å². The van der Waals surface area contributed by atoms with E-state index < -0.39 is 11.9 Å². The zero-order chi connectivity index (χ0) is 31.1. The molecular weight excluding hydrogens is 546 g/mol. The number of hydrogen-bond donors (Lipinski definition) is 0. The SMILES string of the molecule is C=CC(=O)OCCCC1(CCCOC(=O)C=C)c2ccccc2-c2ccc(N(c3ccc(C)cc3)c3ccc(C)cc3)cc21. The highest BCUT2D eigenvalue weighted by Gasteiger charge is 2.42. The number of carbonyl (C=O) groups is 2. The lowest BCUT2D eigenvalue weighted by Crippen LogP contribution is -2.27. The predicted octanol–water partition coefficient (Wildman–Crippen LogP) is 9.06. The molecule has 5 nitrogen and oxygen atoms in total. The highest BCUT2D eigenvalue weighted by Crippen LogP contribution is 2.55.